The molecule has 2 rings (SSSR count). The molecule has 1 fully saturated rings. The zero-order valence-corrected chi connectivity index (χ0v) is 9.18. The number of likely N-dealkylation sites (N-methyl/N-ethyl adjacent to an activating group) is 1. The molecule has 76 valence electrons. The first kappa shape index (κ1) is 9.68. The molecule has 2 heterocycles. The molecule has 0 saturated carbocycles. The summed E-state index contributed by atoms with van der Waals surface area (Å²) >= 11 is 5.10. The van der Waals surface area contributed by atoms with E-state index in [1.165, 1.54) is 5.69 Å². The maximum Gasteiger partial charge on any atom is 0.105 e. The number of hydrogen-bond acceptors (Lipinski definition) is 3. The zero-order valence-electron chi connectivity index (χ0n) is 8.36. The molecule has 0 aromatic carbocycles. The van der Waals surface area contributed by atoms with E-state index < -0.39 is 0 Å². The minimum Gasteiger partial charge on any atom is -0.369 e. The van der Waals surface area contributed by atoms with Crippen molar-refractivity contribution in [1.82, 2.24) is 9.88 Å². The molecule has 0 bridgehead atoms. The van der Waals surface area contributed by atoms with E-state index in [0.717, 1.165) is 30.8 Å². The Hall–Kier alpha value is -0.870. The highest BCUT2D eigenvalue weighted by Crippen LogP contribution is 2.14. The fourth-order valence-electron chi connectivity index (χ4n) is 1.69. The van der Waals surface area contributed by atoms with Crippen LogP contribution in [0.3, 0.4) is 0 Å². The fourth-order valence-corrected chi connectivity index (χ4v) is 1.88. The van der Waals surface area contributed by atoms with Crippen LogP contribution in [-0.2, 0) is 0 Å². The normalized spacial score (nSPS) is 18.5. The van der Waals surface area contributed by atoms with E-state index in [1.807, 2.05) is 12.3 Å². The summed E-state index contributed by atoms with van der Waals surface area (Å²) in [5.74, 6) is 0. The van der Waals surface area contributed by atoms with Crippen molar-refractivity contribution >= 4 is 17.9 Å². The van der Waals surface area contributed by atoms with E-state index in [1.54, 1.807) is 0 Å². The van der Waals surface area contributed by atoms with Gasteiger partial charge in [-0.1, -0.05) is 12.2 Å². The van der Waals surface area contributed by atoms with Crippen LogP contribution in [0.5, 0.6) is 0 Å². The summed E-state index contributed by atoms with van der Waals surface area (Å²) in [5, 5.41) is 0. The zero-order chi connectivity index (χ0) is 9.97. The average molecular weight is 209 g/mol. The fraction of sp³-hybridized carbons (Fsp3) is 0.500. The van der Waals surface area contributed by atoms with Crippen molar-refractivity contribution in [2.75, 3.05) is 38.1 Å². The largest absolute Gasteiger partial charge is 0.369 e. The third-order valence-electron chi connectivity index (χ3n) is 2.63. The van der Waals surface area contributed by atoms with Crippen LogP contribution in [0.1, 0.15) is 0 Å². The van der Waals surface area contributed by atoms with Gasteiger partial charge in [0.05, 0.1) is 0 Å². The maximum atomic E-state index is 5.10. The van der Waals surface area contributed by atoms with Gasteiger partial charge in [-0.15, -0.1) is 0 Å². The van der Waals surface area contributed by atoms with Crippen molar-refractivity contribution in [1.29, 1.82) is 0 Å². The van der Waals surface area contributed by atoms with Crippen LogP contribution in [-0.4, -0.2) is 43.1 Å². The lowest BCUT2D eigenvalue weighted by molar-refractivity contribution is 0.313. The highest BCUT2D eigenvalue weighted by Gasteiger charge is 2.13. The van der Waals surface area contributed by atoms with Gasteiger partial charge in [0.25, 0.3) is 0 Å². The molecule has 0 spiro atoms. The lowest BCUT2D eigenvalue weighted by Crippen LogP contribution is -2.44. The van der Waals surface area contributed by atoms with Gasteiger partial charge in [-0.25, -0.2) is 0 Å². The van der Waals surface area contributed by atoms with E-state index in [-0.39, 0.29) is 0 Å². The van der Waals surface area contributed by atoms with E-state index in [4.69, 9.17) is 12.2 Å². The topological polar surface area (TPSA) is 22.3 Å². The second kappa shape index (κ2) is 4.11. The predicted molar refractivity (Wildman–Crippen MR) is 61.3 cm³/mol. The predicted octanol–water partition coefficient (Wildman–Crippen LogP) is 1.50. The number of piperazine rings is 1. The molecular formula is C10H15N3S. The highest BCUT2D eigenvalue weighted by atomic mass is 32.1. The second-order valence-electron chi connectivity index (χ2n) is 3.70. The van der Waals surface area contributed by atoms with Gasteiger partial charge >= 0.3 is 0 Å². The van der Waals surface area contributed by atoms with E-state index in [2.05, 4.69) is 27.9 Å². The van der Waals surface area contributed by atoms with Crippen LogP contribution in [0.15, 0.2) is 18.3 Å². The summed E-state index contributed by atoms with van der Waals surface area (Å²) in [6.07, 6.45) is 1.91. The molecule has 0 aliphatic carbocycles. The van der Waals surface area contributed by atoms with Crippen molar-refractivity contribution in [3.05, 3.63) is 23.0 Å². The van der Waals surface area contributed by atoms with Crippen LogP contribution in [0, 0.1) is 4.64 Å². The number of anilines is 1. The molecule has 1 aliphatic heterocycles. The van der Waals surface area contributed by atoms with Gasteiger partial charge in [-0.05, 0) is 19.2 Å². The van der Waals surface area contributed by atoms with Crippen molar-refractivity contribution in [3.63, 3.8) is 0 Å². The Morgan fingerprint density at radius 2 is 2.00 bits per heavy atom. The maximum absolute atomic E-state index is 5.10. The van der Waals surface area contributed by atoms with E-state index in [9.17, 15) is 0 Å². The molecule has 1 N–H and O–H groups in total. The number of H-pyrrole nitrogens is 1. The second-order valence-corrected chi connectivity index (χ2v) is 4.14. The van der Waals surface area contributed by atoms with Gasteiger partial charge in [0, 0.05) is 38.1 Å². The van der Waals surface area contributed by atoms with Crippen LogP contribution in [0.4, 0.5) is 5.69 Å². The number of aromatic nitrogens is 1. The van der Waals surface area contributed by atoms with Crippen LogP contribution in [0.25, 0.3) is 0 Å². The minimum absolute atomic E-state index is 0.807. The Morgan fingerprint density at radius 1 is 1.29 bits per heavy atom. The van der Waals surface area contributed by atoms with Crippen molar-refractivity contribution < 1.29 is 0 Å². The summed E-state index contributed by atoms with van der Waals surface area (Å²) in [6, 6.07) is 4.11. The standard InChI is InChI=1S/C10H15N3S/c1-12-4-6-13(7-5-12)9-2-3-11-10(14)8-9/h2-3,8H,4-7H2,1H3,(H,11,14). The molecule has 1 aliphatic rings. The Labute approximate surface area is 89.3 Å². The van der Waals surface area contributed by atoms with Crippen LogP contribution < -0.4 is 4.90 Å². The molecule has 1 saturated heterocycles. The monoisotopic (exact) mass is 209 g/mol. The van der Waals surface area contributed by atoms with Crippen molar-refractivity contribution in [2.24, 2.45) is 0 Å². The van der Waals surface area contributed by atoms with Gasteiger partial charge in [0.2, 0.25) is 0 Å². The van der Waals surface area contributed by atoms with E-state index in [0.29, 0.717) is 0 Å². The number of nitrogens with zero attached hydrogens (tertiary/aromatic N) is 2. The van der Waals surface area contributed by atoms with Crippen molar-refractivity contribution in [3.8, 4) is 0 Å². The molecule has 14 heavy (non-hydrogen) atoms. The SMILES string of the molecule is CN1CCN(c2cc[nH]c(=S)c2)CC1. The first-order valence-electron chi connectivity index (χ1n) is 4.88. The van der Waals surface area contributed by atoms with Crippen molar-refractivity contribution in [2.45, 2.75) is 0 Å². The summed E-state index contributed by atoms with van der Waals surface area (Å²) in [4.78, 5) is 7.72. The first-order valence-corrected chi connectivity index (χ1v) is 5.29. The van der Waals surface area contributed by atoms with Gasteiger partial charge in [-0.2, -0.15) is 0 Å². The lowest BCUT2D eigenvalue weighted by atomic mass is 10.3. The third kappa shape index (κ3) is 2.13. The Balaban J connectivity index is 2.12. The Morgan fingerprint density at radius 3 is 2.64 bits per heavy atom. The number of pyridine rings is 1. The lowest BCUT2D eigenvalue weighted by Gasteiger charge is -2.33. The Kier molecular flexibility index (Phi) is 2.84. The molecule has 1 aromatic rings. The molecule has 4 heteroatoms. The molecule has 3 nitrogen and oxygen atoms in total. The molecule has 0 amide bonds. The number of nitrogens with one attached hydrogen (secondary N) is 1. The van der Waals surface area contributed by atoms with E-state index >= 15 is 0 Å². The third-order valence-corrected chi connectivity index (χ3v) is 2.86. The number of hydrogen-bond donors (Lipinski definition) is 1. The molecule has 0 radical (unpaired) electrons. The first-order chi connectivity index (χ1) is 6.75. The summed E-state index contributed by atoms with van der Waals surface area (Å²) in [7, 11) is 2.16. The minimum atomic E-state index is 0.807. The van der Waals surface area contributed by atoms with Gasteiger partial charge in [0.1, 0.15) is 4.64 Å². The Bertz CT molecular complexity index is 352. The van der Waals surface area contributed by atoms with Crippen LogP contribution in [0.2, 0.25) is 0 Å². The quantitative estimate of drug-likeness (QED) is 0.709. The van der Waals surface area contributed by atoms with Gasteiger partial charge in [0.15, 0.2) is 0 Å². The number of aromatic amines is 1. The summed E-state index contributed by atoms with van der Waals surface area (Å²) < 4.78 is 0.807. The number of rotatable bonds is 1. The molecule has 0 atom stereocenters. The average Bonchev–Trinajstić information content (AvgIpc) is 2.19. The molecular weight excluding hydrogens is 194 g/mol. The smallest absolute Gasteiger partial charge is 0.105 e. The summed E-state index contributed by atoms with van der Waals surface area (Å²) in [6.45, 7) is 4.45. The molecule has 1 aromatic heterocycles. The highest BCUT2D eigenvalue weighted by molar-refractivity contribution is 7.71. The van der Waals surface area contributed by atoms with Gasteiger partial charge < -0.3 is 14.8 Å². The molecule has 0 unspecified atom stereocenters. The summed E-state index contributed by atoms with van der Waals surface area (Å²) in [5.41, 5.74) is 1.24. The van der Waals surface area contributed by atoms with Crippen LogP contribution >= 0.6 is 12.2 Å². The van der Waals surface area contributed by atoms with Gasteiger partial charge in [-0.3, -0.25) is 0 Å².